The molecule has 1 N–H and O–H groups in total. The van der Waals surface area contributed by atoms with Gasteiger partial charge in [0.1, 0.15) is 0 Å². The van der Waals surface area contributed by atoms with E-state index in [1.54, 1.807) is 6.92 Å². The maximum Gasteiger partial charge on any atom is 1.00 e. The van der Waals surface area contributed by atoms with E-state index < -0.39 is 15.4 Å². The fraction of sp³-hybridized carbons (Fsp3) is 1.00. The second kappa shape index (κ2) is 8.82. The molecule has 0 spiro atoms. The Bertz CT molecular complexity index is 207. The molecule has 0 aromatic heterocycles. The van der Waals surface area contributed by atoms with Crippen molar-refractivity contribution in [3.05, 3.63) is 0 Å². The Labute approximate surface area is 125 Å². The number of unbranched alkanes of at least 4 members (excludes halogenated alkanes) is 3. The van der Waals surface area contributed by atoms with E-state index in [9.17, 15) is 8.42 Å². The molecule has 5 heteroatoms. The maximum atomic E-state index is 10.6. The van der Waals surface area contributed by atoms with Crippen molar-refractivity contribution in [1.29, 1.82) is 0 Å². The van der Waals surface area contributed by atoms with Gasteiger partial charge in [0.15, 0.2) is 0 Å². The third-order valence-corrected chi connectivity index (χ3v) is 3.23. The smallest absolute Gasteiger partial charge is 1.00 e. The van der Waals surface area contributed by atoms with Crippen LogP contribution in [0.1, 0.15) is 47.4 Å². The van der Waals surface area contributed by atoms with Gasteiger partial charge in [-0.3, -0.25) is 4.55 Å². The SMILES string of the molecule is CCCCCCC(C)S(=O)(=O)O.[H-].[K+]. The van der Waals surface area contributed by atoms with Gasteiger partial charge in [-0.15, -0.1) is 0 Å². The van der Waals surface area contributed by atoms with Crippen molar-refractivity contribution in [1.82, 2.24) is 0 Å². The van der Waals surface area contributed by atoms with Crippen LogP contribution in [0.4, 0.5) is 0 Å². The first-order valence-corrected chi connectivity index (χ1v) is 5.95. The molecule has 1 atom stereocenters. The van der Waals surface area contributed by atoms with Crippen LogP contribution in [0.25, 0.3) is 0 Å². The van der Waals surface area contributed by atoms with Crippen LogP contribution in [0, 0.1) is 0 Å². The molecule has 0 aliphatic carbocycles. The molecule has 0 heterocycles. The summed E-state index contributed by atoms with van der Waals surface area (Å²) in [4.78, 5) is 0. The topological polar surface area (TPSA) is 54.4 Å². The average Bonchev–Trinajstić information content (AvgIpc) is 1.96. The first kappa shape index (κ1) is 17.0. The minimum absolute atomic E-state index is 0. The molecule has 3 nitrogen and oxygen atoms in total. The summed E-state index contributed by atoms with van der Waals surface area (Å²) >= 11 is 0. The van der Waals surface area contributed by atoms with Crippen molar-refractivity contribution >= 4 is 10.1 Å². The number of rotatable bonds is 6. The van der Waals surface area contributed by atoms with Gasteiger partial charge < -0.3 is 1.43 Å². The molecule has 0 aliphatic heterocycles. The van der Waals surface area contributed by atoms with Crippen molar-refractivity contribution in [3.8, 4) is 0 Å². The van der Waals surface area contributed by atoms with E-state index in [1.807, 2.05) is 0 Å². The predicted molar refractivity (Wildman–Crippen MR) is 50.9 cm³/mol. The quantitative estimate of drug-likeness (QED) is 0.377. The fourth-order valence-corrected chi connectivity index (χ4v) is 1.47. The van der Waals surface area contributed by atoms with Crippen LogP contribution in [-0.4, -0.2) is 18.2 Å². The Morgan fingerprint density at radius 2 is 1.85 bits per heavy atom. The summed E-state index contributed by atoms with van der Waals surface area (Å²) in [6.45, 7) is 3.65. The zero-order valence-electron chi connectivity index (χ0n) is 9.78. The number of hydrogen-bond acceptors (Lipinski definition) is 2. The molecule has 0 aromatic carbocycles. The maximum absolute atomic E-state index is 10.6. The van der Waals surface area contributed by atoms with Crippen LogP contribution in [0.15, 0.2) is 0 Å². The molecular formula is C8H19KO3S. The van der Waals surface area contributed by atoms with Crippen molar-refractivity contribution in [2.75, 3.05) is 0 Å². The molecule has 0 aliphatic rings. The Hall–Kier alpha value is 1.55. The van der Waals surface area contributed by atoms with Crippen molar-refractivity contribution in [3.63, 3.8) is 0 Å². The molecule has 13 heavy (non-hydrogen) atoms. The van der Waals surface area contributed by atoms with Gasteiger partial charge in [-0.2, -0.15) is 8.42 Å². The van der Waals surface area contributed by atoms with E-state index in [-0.39, 0.29) is 52.8 Å². The molecule has 0 amide bonds. The summed E-state index contributed by atoms with van der Waals surface area (Å²) < 4.78 is 29.7. The van der Waals surface area contributed by atoms with Crippen LogP contribution in [0.5, 0.6) is 0 Å². The van der Waals surface area contributed by atoms with E-state index >= 15 is 0 Å². The summed E-state index contributed by atoms with van der Waals surface area (Å²) in [6, 6.07) is 0. The van der Waals surface area contributed by atoms with Crippen LogP contribution >= 0.6 is 0 Å². The van der Waals surface area contributed by atoms with Gasteiger partial charge in [-0.25, -0.2) is 0 Å². The van der Waals surface area contributed by atoms with E-state index in [0.29, 0.717) is 6.42 Å². The molecule has 0 fully saturated rings. The molecule has 0 saturated carbocycles. The predicted octanol–water partition coefficient (Wildman–Crippen LogP) is -0.650. The second-order valence-electron chi connectivity index (χ2n) is 3.17. The Balaban J connectivity index is -0.000000605. The summed E-state index contributed by atoms with van der Waals surface area (Å²) in [5.74, 6) is 0. The van der Waals surface area contributed by atoms with Crippen LogP contribution in [-0.2, 0) is 10.1 Å². The number of hydrogen-bond donors (Lipinski definition) is 1. The van der Waals surface area contributed by atoms with Gasteiger partial charge in [0.25, 0.3) is 10.1 Å². The van der Waals surface area contributed by atoms with Crippen LogP contribution in [0.3, 0.4) is 0 Å². The average molecular weight is 234 g/mol. The van der Waals surface area contributed by atoms with Crippen LogP contribution < -0.4 is 51.4 Å². The Kier molecular flexibility index (Phi) is 11.5. The third-order valence-electron chi connectivity index (χ3n) is 1.97. The summed E-state index contributed by atoms with van der Waals surface area (Å²) in [6.07, 6.45) is 4.78. The van der Waals surface area contributed by atoms with E-state index in [0.717, 1.165) is 25.7 Å². The first-order valence-electron chi connectivity index (χ1n) is 4.44. The van der Waals surface area contributed by atoms with Gasteiger partial charge in [0.05, 0.1) is 5.25 Å². The van der Waals surface area contributed by atoms with E-state index in [2.05, 4.69) is 6.92 Å². The van der Waals surface area contributed by atoms with Crippen molar-refractivity contribution < 1.29 is 65.8 Å². The molecule has 0 rings (SSSR count). The molecule has 76 valence electrons. The van der Waals surface area contributed by atoms with Gasteiger partial charge in [-0.05, 0) is 13.3 Å². The molecule has 0 aromatic rings. The van der Waals surface area contributed by atoms with E-state index in [4.69, 9.17) is 4.55 Å². The van der Waals surface area contributed by atoms with Crippen LogP contribution in [0.2, 0.25) is 0 Å². The first-order chi connectivity index (χ1) is 5.48. The molecule has 0 saturated heterocycles. The fourth-order valence-electron chi connectivity index (χ4n) is 1.01. The second-order valence-corrected chi connectivity index (χ2v) is 5.01. The minimum atomic E-state index is -3.79. The summed E-state index contributed by atoms with van der Waals surface area (Å²) in [5.41, 5.74) is 0. The van der Waals surface area contributed by atoms with Gasteiger partial charge in [0.2, 0.25) is 0 Å². The largest absolute Gasteiger partial charge is 1.00 e. The van der Waals surface area contributed by atoms with Crippen molar-refractivity contribution in [2.24, 2.45) is 0 Å². The Morgan fingerprint density at radius 1 is 1.31 bits per heavy atom. The summed E-state index contributed by atoms with van der Waals surface area (Å²) in [7, 11) is -3.79. The monoisotopic (exact) mass is 234 g/mol. The summed E-state index contributed by atoms with van der Waals surface area (Å²) in [5, 5.41) is -0.602. The molecule has 0 radical (unpaired) electrons. The van der Waals surface area contributed by atoms with Gasteiger partial charge in [-0.1, -0.05) is 32.6 Å². The zero-order chi connectivity index (χ0) is 9.61. The van der Waals surface area contributed by atoms with E-state index in [1.165, 1.54) is 0 Å². The normalized spacial score (nSPS) is 13.5. The third kappa shape index (κ3) is 9.84. The Morgan fingerprint density at radius 3 is 2.23 bits per heavy atom. The zero-order valence-corrected chi connectivity index (χ0v) is 12.7. The molecule has 0 bridgehead atoms. The van der Waals surface area contributed by atoms with Crippen molar-refractivity contribution in [2.45, 2.75) is 51.2 Å². The standard InChI is InChI=1S/C8H18O3S.K.H/c1-3-4-5-6-7-8(2)12(9,10)11;;/h8H,3-7H2,1-2H3,(H,9,10,11);;/q;+1;-1. The molecular weight excluding hydrogens is 215 g/mol. The van der Waals surface area contributed by atoms with Gasteiger partial charge >= 0.3 is 51.4 Å². The van der Waals surface area contributed by atoms with Gasteiger partial charge in [0, 0.05) is 0 Å². The minimum Gasteiger partial charge on any atom is -1.00 e. The molecule has 1 unspecified atom stereocenters.